The third kappa shape index (κ3) is 2.05. The van der Waals surface area contributed by atoms with Crippen molar-refractivity contribution < 1.29 is 0 Å². The lowest BCUT2D eigenvalue weighted by Gasteiger charge is -2.12. The highest BCUT2D eigenvalue weighted by Gasteiger charge is 2.50. The van der Waals surface area contributed by atoms with Gasteiger partial charge in [0.05, 0.1) is 0 Å². The van der Waals surface area contributed by atoms with Crippen molar-refractivity contribution in [1.82, 2.24) is 5.32 Å². The van der Waals surface area contributed by atoms with E-state index in [1.54, 1.807) is 0 Å². The highest BCUT2D eigenvalue weighted by Crippen LogP contribution is 2.54. The zero-order chi connectivity index (χ0) is 11.2. The molecule has 0 bridgehead atoms. The summed E-state index contributed by atoms with van der Waals surface area (Å²) >= 11 is 3.56. The molecule has 2 atom stereocenters. The molecule has 1 aromatic rings. The van der Waals surface area contributed by atoms with Crippen LogP contribution in [0.15, 0.2) is 28.7 Å². The Kier molecular flexibility index (Phi) is 2.60. The summed E-state index contributed by atoms with van der Waals surface area (Å²) in [6.07, 6.45) is 4.11. The number of rotatable bonds is 4. The van der Waals surface area contributed by atoms with Gasteiger partial charge >= 0.3 is 0 Å². The normalized spacial score (nSPS) is 32.8. The maximum atomic E-state index is 3.65. The first-order valence-corrected chi connectivity index (χ1v) is 6.97. The van der Waals surface area contributed by atoms with Gasteiger partial charge in [-0.2, -0.15) is 0 Å². The molecule has 2 unspecified atom stereocenters. The van der Waals surface area contributed by atoms with Crippen LogP contribution in [0.3, 0.4) is 0 Å². The van der Waals surface area contributed by atoms with Crippen LogP contribution >= 0.6 is 15.9 Å². The molecular weight excluding hydrogens is 262 g/mol. The maximum Gasteiger partial charge on any atom is 0.0178 e. The fraction of sp³-hybridized carbons (Fsp3) is 0.571. The SMILES string of the molecule is CC1(c2cccc(Br)c2)CC1CNC1CC1. The van der Waals surface area contributed by atoms with E-state index >= 15 is 0 Å². The Morgan fingerprint density at radius 3 is 2.94 bits per heavy atom. The summed E-state index contributed by atoms with van der Waals surface area (Å²) in [4.78, 5) is 0. The van der Waals surface area contributed by atoms with E-state index in [4.69, 9.17) is 0 Å². The van der Waals surface area contributed by atoms with Gasteiger partial charge in [-0.25, -0.2) is 0 Å². The molecule has 2 aliphatic carbocycles. The molecule has 2 heteroatoms. The van der Waals surface area contributed by atoms with E-state index in [9.17, 15) is 0 Å². The largest absolute Gasteiger partial charge is 0.314 e. The topological polar surface area (TPSA) is 12.0 Å². The van der Waals surface area contributed by atoms with Crippen LogP contribution in [0.5, 0.6) is 0 Å². The number of nitrogens with one attached hydrogen (secondary N) is 1. The molecule has 1 aromatic carbocycles. The fourth-order valence-corrected chi connectivity index (χ4v) is 2.94. The van der Waals surface area contributed by atoms with Crippen LogP contribution in [0.25, 0.3) is 0 Å². The average Bonchev–Trinajstić information content (AvgIpc) is 3.13. The van der Waals surface area contributed by atoms with E-state index < -0.39 is 0 Å². The van der Waals surface area contributed by atoms with Gasteiger partial charge in [0.1, 0.15) is 0 Å². The van der Waals surface area contributed by atoms with Gasteiger partial charge in [-0.1, -0.05) is 35.0 Å². The first-order valence-electron chi connectivity index (χ1n) is 6.18. The van der Waals surface area contributed by atoms with E-state index in [2.05, 4.69) is 52.4 Å². The monoisotopic (exact) mass is 279 g/mol. The number of hydrogen-bond acceptors (Lipinski definition) is 1. The molecule has 2 fully saturated rings. The van der Waals surface area contributed by atoms with Crippen molar-refractivity contribution in [3.63, 3.8) is 0 Å². The Morgan fingerprint density at radius 2 is 2.25 bits per heavy atom. The van der Waals surface area contributed by atoms with Crippen molar-refractivity contribution in [2.24, 2.45) is 5.92 Å². The second-order valence-electron chi connectivity index (χ2n) is 5.51. The molecule has 2 aliphatic rings. The molecule has 0 saturated heterocycles. The maximum absolute atomic E-state index is 3.65. The molecule has 86 valence electrons. The van der Waals surface area contributed by atoms with Gasteiger partial charge in [0.2, 0.25) is 0 Å². The molecule has 0 heterocycles. The van der Waals surface area contributed by atoms with E-state index in [1.807, 2.05) is 0 Å². The summed E-state index contributed by atoms with van der Waals surface area (Å²) < 4.78 is 1.20. The second-order valence-corrected chi connectivity index (χ2v) is 6.43. The van der Waals surface area contributed by atoms with E-state index in [0.29, 0.717) is 5.41 Å². The fourth-order valence-electron chi connectivity index (χ4n) is 2.54. The van der Waals surface area contributed by atoms with E-state index in [1.165, 1.54) is 35.8 Å². The van der Waals surface area contributed by atoms with Crippen molar-refractivity contribution in [1.29, 1.82) is 0 Å². The van der Waals surface area contributed by atoms with Crippen molar-refractivity contribution >= 4 is 15.9 Å². The second kappa shape index (κ2) is 3.85. The van der Waals surface area contributed by atoms with E-state index in [0.717, 1.165) is 12.0 Å². The summed E-state index contributed by atoms with van der Waals surface area (Å²) in [5, 5.41) is 3.65. The first kappa shape index (κ1) is 10.8. The lowest BCUT2D eigenvalue weighted by molar-refractivity contribution is 0.575. The van der Waals surface area contributed by atoms with Gasteiger partial charge < -0.3 is 5.32 Å². The van der Waals surface area contributed by atoms with Gasteiger partial charge in [-0.3, -0.25) is 0 Å². The van der Waals surface area contributed by atoms with Crippen molar-refractivity contribution in [3.05, 3.63) is 34.3 Å². The first-order chi connectivity index (χ1) is 7.68. The molecule has 0 aromatic heterocycles. The minimum Gasteiger partial charge on any atom is -0.314 e. The molecular formula is C14H18BrN. The van der Waals surface area contributed by atoms with Crippen LogP contribution in [0.2, 0.25) is 0 Å². The third-order valence-electron chi connectivity index (χ3n) is 4.13. The molecule has 0 amide bonds. The van der Waals surface area contributed by atoms with Crippen LogP contribution in [0.1, 0.15) is 31.7 Å². The average molecular weight is 280 g/mol. The molecule has 0 spiro atoms. The van der Waals surface area contributed by atoms with Gasteiger partial charge in [-0.15, -0.1) is 0 Å². The number of benzene rings is 1. The Balaban J connectivity index is 1.65. The summed E-state index contributed by atoms with van der Waals surface area (Å²) in [5.74, 6) is 0.836. The van der Waals surface area contributed by atoms with Gasteiger partial charge in [0.25, 0.3) is 0 Å². The van der Waals surface area contributed by atoms with Crippen LogP contribution in [-0.2, 0) is 5.41 Å². The lowest BCUT2D eigenvalue weighted by atomic mass is 9.95. The Morgan fingerprint density at radius 1 is 1.44 bits per heavy atom. The predicted molar refractivity (Wildman–Crippen MR) is 70.6 cm³/mol. The number of hydrogen-bond donors (Lipinski definition) is 1. The predicted octanol–water partition coefficient (Wildman–Crippen LogP) is 3.48. The van der Waals surface area contributed by atoms with Crippen molar-refractivity contribution in [2.45, 2.75) is 37.6 Å². The summed E-state index contributed by atoms with van der Waals surface area (Å²) in [6.45, 7) is 3.60. The van der Waals surface area contributed by atoms with Crippen molar-refractivity contribution in [2.75, 3.05) is 6.54 Å². The molecule has 3 rings (SSSR count). The lowest BCUT2D eigenvalue weighted by Crippen LogP contribution is -2.22. The highest BCUT2D eigenvalue weighted by atomic mass is 79.9. The molecule has 2 saturated carbocycles. The van der Waals surface area contributed by atoms with Gasteiger partial charge in [-0.05, 0) is 54.8 Å². The minimum atomic E-state index is 0.422. The Bertz CT molecular complexity index is 399. The summed E-state index contributed by atoms with van der Waals surface area (Å²) in [6, 6.07) is 9.63. The Labute approximate surface area is 106 Å². The van der Waals surface area contributed by atoms with E-state index in [-0.39, 0.29) is 0 Å². The van der Waals surface area contributed by atoms with Crippen LogP contribution < -0.4 is 5.32 Å². The molecule has 0 radical (unpaired) electrons. The zero-order valence-corrected chi connectivity index (χ0v) is 11.3. The highest BCUT2D eigenvalue weighted by molar-refractivity contribution is 9.10. The quantitative estimate of drug-likeness (QED) is 0.890. The molecule has 16 heavy (non-hydrogen) atoms. The van der Waals surface area contributed by atoms with Crippen molar-refractivity contribution in [3.8, 4) is 0 Å². The Hall–Kier alpha value is -0.340. The summed E-state index contributed by atoms with van der Waals surface area (Å²) in [5.41, 5.74) is 1.91. The molecule has 1 nitrogen and oxygen atoms in total. The van der Waals surface area contributed by atoms with Crippen LogP contribution in [0.4, 0.5) is 0 Å². The zero-order valence-electron chi connectivity index (χ0n) is 9.67. The summed E-state index contributed by atoms with van der Waals surface area (Å²) in [7, 11) is 0. The van der Waals surface area contributed by atoms with Crippen LogP contribution in [0, 0.1) is 5.92 Å². The third-order valence-corrected chi connectivity index (χ3v) is 4.62. The minimum absolute atomic E-state index is 0.422. The smallest absolute Gasteiger partial charge is 0.0178 e. The van der Waals surface area contributed by atoms with Crippen LogP contribution in [-0.4, -0.2) is 12.6 Å². The number of halogens is 1. The van der Waals surface area contributed by atoms with Gasteiger partial charge in [0.15, 0.2) is 0 Å². The molecule has 1 N–H and O–H groups in total. The van der Waals surface area contributed by atoms with Gasteiger partial charge in [0, 0.05) is 10.5 Å². The molecule has 0 aliphatic heterocycles. The standard InChI is InChI=1S/C14H18BrN/c1-14(10-3-2-4-12(15)7-10)8-11(14)9-16-13-5-6-13/h2-4,7,11,13,16H,5-6,8-9H2,1H3.